The predicted molar refractivity (Wildman–Crippen MR) is 128 cm³/mol. The summed E-state index contributed by atoms with van der Waals surface area (Å²) in [5.41, 5.74) is 2.28. The van der Waals surface area contributed by atoms with E-state index in [9.17, 15) is 13.2 Å². The lowest BCUT2D eigenvalue weighted by atomic mass is 10.1. The number of carbonyl (C=O) groups is 1. The monoisotopic (exact) mass is 465 g/mol. The number of methoxy groups -OCH3 is 1. The van der Waals surface area contributed by atoms with E-state index in [1.807, 2.05) is 24.3 Å². The Morgan fingerprint density at radius 3 is 2.27 bits per heavy atom. The molecule has 0 bridgehead atoms. The fourth-order valence-corrected chi connectivity index (χ4v) is 5.26. The summed E-state index contributed by atoms with van der Waals surface area (Å²) >= 11 is 0. The molecule has 0 spiro atoms. The van der Waals surface area contributed by atoms with Gasteiger partial charge < -0.3 is 10.1 Å². The van der Waals surface area contributed by atoms with Crippen LogP contribution in [0.25, 0.3) is 0 Å². The summed E-state index contributed by atoms with van der Waals surface area (Å²) in [4.78, 5) is 15.2. The lowest BCUT2D eigenvalue weighted by Crippen LogP contribution is -2.48. The topological polar surface area (TPSA) is 79.0 Å². The highest BCUT2D eigenvalue weighted by molar-refractivity contribution is 7.89. The molecule has 0 radical (unpaired) electrons. The number of benzene rings is 3. The van der Waals surface area contributed by atoms with E-state index in [1.54, 1.807) is 61.7 Å². The molecular formula is C25H27N3O4S. The number of amides is 1. The third-order valence-corrected chi connectivity index (χ3v) is 7.57. The van der Waals surface area contributed by atoms with Crippen LogP contribution in [0.1, 0.15) is 15.9 Å². The van der Waals surface area contributed by atoms with Gasteiger partial charge in [0.05, 0.1) is 12.0 Å². The van der Waals surface area contributed by atoms with Crippen molar-refractivity contribution in [2.45, 2.75) is 11.4 Å². The molecule has 33 heavy (non-hydrogen) atoms. The summed E-state index contributed by atoms with van der Waals surface area (Å²) in [6, 6.07) is 23.2. The van der Waals surface area contributed by atoms with Crippen molar-refractivity contribution in [3.8, 4) is 5.75 Å². The van der Waals surface area contributed by atoms with Gasteiger partial charge in [-0.1, -0.05) is 30.3 Å². The second-order valence-corrected chi connectivity index (χ2v) is 9.81. The molecule has 1 N–H and O–H groups in total. The highest BCUT2D eigenvalue weighted by Gasteiger charge is 2.28. The Balaban J connectivity index is 1.35. The minimum absolute atomic E-state index is 0.180. The number of hydrogen-bond acceptors (Lipinski definition) is 5. The molecule has 1 saturated heterocycles. The fraction of sp³-hybridized carbons (Fsp3) is 0.240. The zero-order valence-corrected chi connectivity index (χ0v) is 19.3. The normalized spacial score (nSPS) is 15.2. The average Bonchev–Trinajstić information content (AvgIpc) is 2.85. The van der Waals surface area contributed by atoms with Gasteiger partial charge in [-0.05, 0) is 54.1 Å². The maximum Gasteiger partial charge on any atom is 0.255 e. The minimum atomic E-state index is -3.46. The number of carbonyl (C=O) groups excluding carboxylic acids is 1. The highest BCUT2D eigenvalue weighted by atomic mass is 32.2. The molecule has 0 unspecified atom stereocenters. The zero-order chi connectivity index (χ0) is 23.3. The van der Waals surface area contributed by atoms with Gasteiger partial charge in [-0.25, -0.2) is 8.42 Å². The van der Waals surface area contributed by atoms with Crippen LogP contribution >= 0.6 is 0 Å². The molecule has 7 nitrogen and oxygen atoms in total. The van der Waals surface area contributed by atoms with E-state index in [0.717, 1.165) is 11.3 Å². The van der Waals surface area contributed by atoms with E-state index in [-0.39, 0.29) is 5.91 Å². The van der Waals surface area contributed by atoms with Crippen LogP contribution < -0.4 is 10.1 Å². The molecule has 172 valence electrons. The summed E-state index contributed by atoms with van der Waals surface area (Å²) in [5.74, 6) is 0.549. The van der Waals surface area contributed by atoms with E-state index >= 15 is 0 Å². The molecule has 1 aliphatic rings. The first-order valence-electron chi connectivity index (χ1n) is 10.8. The maximum absolute atomic E-state index is 12.8. The van der Waals surface area contributed by atoms with E-state index in [2.05, 4.69) is 10.2 Å². The zero-order valence-electron chi connectivity index (χ0n) is 18.5. The molecule has 0 atom stereocenters. The number of sulfonamides is 1. The van der Waals surface area contributed by atoms with Gasteiger partial charge >= 0.3 is 0 Å². The lowest BCUT2D eigenvalue weighted by molar-refractivity contribution is 0.102. The maximum atomic E-state index is 12.8. The SMILES string of the molecule is COc1ccc(NC(=O)c2cccc(CN3CCN(S(=O)(=O)c4ccccc4)CC3)c2)cc1. The number of nitrogens with one attached hydrogen (secondary N) is 1. The van der Waals surface area contributed by atoms with Crippen LogP contribution in [0, 0.1) is 0 Å². The summed E-state index contributed by atoms with van der Waals surface area (Å²) in [6.45, 7) is 2.80. The van der Waals surface area contributed by atoms with Crippen LogP contribution in [0.15, 0.2) is 83.8 Å². The van der Waals surface area contributed by atoms with Crippen LogP contribution in [0.2, 0.25) is 0 Å². The molecule has 1 aliphatic heterocycles. The van der Waals surface area contributed by atoms with Gasteiger partial charge in [0.2, 0.25) is 10.0 Å². The largest absolute Gasteiger partial charge is 0.497 e. The quantitative estimate of drug-likeness (QED) is 0.578. The van der Waals surface area contributed by atoms with Gasteiger partial charge in [0.25, 0.3) is 5.91 Å². The van der Waals surface area contributed by atoms with Gasteiger partial charge in [0.15, 0.2) is 0 Å². The van der Waals surface area contributed by atoms with Gasteiger partial charge in [0, 0.05) is 44.0 Å². The Morgan fingerprint density at radius 2 is 1.61 bits per heavy atom. The third-order valence-electron chi connectivity index (χ3n) is 5.66. The highest BCUT2D eigenvalue weighted by Crippen LogP contribution is 2.19. The molecule has 1 fully saturated rings. The Morgan fingerprint density at radius 1 is 0.909 bits per heavy atom. The Kier molecular flexibility index (Phi) is 7.08. The van der Waals surface area contributed by atoms with E-state index in [1.165, 1.54) is 4.31 Å². The van der Waals surface area contributed by atoms with Crippen LogP contribution in [0.4, 0.5) is 5.69 Å². The molecular weight excluding hydrogens is 438 g/mol. The molecule has 1 amide bonds. The van der Waals surface area contributed by atoms with Crippen molar-refractivity contribution in [3.63, 3.8) is 0 Å². The predicted octanol–water partition coefficient (Wildman–Crippen LogP) is 3.45. The molecule has 0 saturated carbocycles. The van der Waals surface area contributed by atoms with Gasteiger partial charge in [0.1, 0.15) is 5.75 Å². The number of nitrogens with zero attached hydrogens (tertiary/aromatic N) is 2. The first-order valence-corrected chi connectivity index (χ1v) is 12.2. The van der Waals surface area contributed by atoms with Gasteiger partial charge in [-0.3, -0.25) is 9.69 Å². The Labute approximate surface area is 194 Å². The second-order valence-electron chi connectivity index (χ2n) is 7.88. The fourth-order valence-electron chi connectivity index (χ4n) is 3.82. The van der Waals surface area contributed by atoms with E-state index in [4.69, 9.17) is 4.74 Å². The van der Waals surface area contributed by atoms with Crippen LogP contribution in [0.5, 0.6) is 5.75 Å². The molecule has 0 aliphatic carbocycles. The Hall–Kier alpha value is -3.20. The smallest absolute Gasteiger partial charge is 0.255 e. The van der Waals surface area contributed by atoms with Crippen molar-refractivity contribution in [2.75, 3.05) is 38.6 Å². The summed E-state index contributed by atoms with van der Waals surface area (Å²) in [5, 5.41) is 2.90. The van der Waals surface area contributed by atoms with Crippen molar-refractivity contribution in [1.29, 1.82) is 0 Å². The third kappa shape index (κ3) is 5.60. The van der Waals surface area contributed by atoms with Crippen molar-refractivity contribution in [1.82, 2.24) is 9.21 Å². The molecule has 3 aromatic rings. The summed E-state index contributed by atoms with van der Waals surface area (Å²) in [6.07, 6.45) is 0. The van der Waals surface area contributed by atoms with E-state index < -0.39 is 10.0 Å². The van der Waals surface area contributed by atoms with Crippen LogP contribution in [-0.2, 0) is 16.6 Å². The van der Waals surface area contributed by atoms with Crippen LogP contribution in [0.3, 0.4) is 0 Å². The number of piperazine rings is 1. The van der Waals surface area contributed by atoms with Gasteiger partial charge in [-0.15, -0.1) is 0 Å². The van der Waals surface area contributed by atoms with E-state index in [0.29, 0.717) is 48.9 Å². The number of ether oxygens (including phenoxy) is 1. The number of rotatable bonds is 7. The second kappa shape index (κ2) is 10.2. The standard InChI is InChI=1S/C25H27N3O4S/c1-32-23-12-10-22(11-13-23)26-25(29)21-7-5-6-20(18-21)19-27-14-16-28(17-15-27)33(30,31)24-8-3-2-4-9-24/h2-13,18H,14-17,19H2,1H3,(H,26,29). The minimum Gasteiger partial charge on any atom is -0.497 e. The van der Waals surface area contributed by atoms with Crippen molar-refractivity contribution < 1.29 is 17.9 Å². The molecule has 1 heterocycles. The number of anilines is 1. The molecule has 3 aromatic carbocycles. The van der Waals surface area contributed by atoms with Crippen molar-refractivity contribution in [2.24, 2.45) is 0 Å². The summed E-state index contributed by atoms with van der Waals surface area (Å²) < 4.78 is 32.3. The van der Waals surface area contributed by atoms with Crippen LogP contribution in [-0.4, -0.2) is 56.8 Å². The number of hydrogen-bond donors (Lipinski definition) is 1. The first-order chi connectivity index (χ1) is 16.0. The molecule has 0 aromatic heterocycles. The van der Waals surface area contributed by atoms with Gasteiger partial charge in [-0.2, -0.15) is 4.31 Å². The Bertz CT molecular complexity index is 1190. The van der Waals surface area contributed by atoms with Crippen molar-refractivity contribution >= 4 is 21.6 Å². The van der Waals surface area contributed by atoms with Crippen molar-refractivity contribution in [3.05, 3.63) is 90.0 Å². The molecule has 4 rings (SSSR count). The average molecular weight is 466 g/mol. The lowest BCUT2D eigenvalue weighted by Gasteiger charge is -2.34. The molecule has 8 heteroatoms. The summed E-state index contributed by atoms with van der Waals surface area (Å²) in [7, 11) is -1.87. The first kappa shape index (κ1) is 23.0.